The second kappa shape index (κ2) is 5.07. The summed E-state index contributed by atoms with van der Waals surface area (Å²) < 4.78 is 1.69. The van der Waals surface area contributed by atoms with Crippen molar-refractivity contribution in [3.05, 3.63) is 21.5 Å². The molecule has 0 aliphatic rings. The standard InChI is InChI=1S/C10H18N4O2/c1-4-8-10(14(15)16)9(5-2)13(12-8)7(3)6-11/h7H,4-6,11H2,1-3H3. The van der Waals surface area contributed by atoms with E-state index in [4.69, 9.17) is 5.73 Å². The van der Waals surface area contributed by atoms with Gasteiger partial charge in [0, 0.05) is 6.54 Å². The van der Waals surface area contributed by atoms with Crippen molar-refractivity contribution in [1.29, 1.82) is 0 Å². The summed E-state index contributed by atoms with van der Waals surface area (Å²) in [6.45, 7) is 6.10. The van der Waals surface area contributed by atoms with Crippen molar-refractivity contribution in [2.45, 2.75) is 39.7 Å². The highest BCUT2D eigenvalue weighted by Gasteiger charge is 2.26. The number of nitro groups is 1. The van der Waals surface area contributed by atoms with Crippen LogP contribution in [0.4, 0.5) is 5.69 Å². The van der Waals surface area contributed by atoms with Crippen LogP contribution < -0.4 is 5.73 Å². The lowest BCUT2D eigenvalue weighted by molar-refractivity contribution is -0.386. The molecular formula is C10H18N4O2. The van der Waals surface area contributed by atoms with E-state index in [1.165, 1.54) is 0 Å². The van der Waals surface area contributed by atoms with Gasteiger partial charge in [-0.15, -0.1) is 0 Å². The van der Waals surface area contributed by atoms with Gasteiger partial charge in [-0.3, -0.25) is 14.8 Å². The Balaban J connectivity index is 3.35. The Morgan fingerprint density at radius 2 is 2.12 bits per heavy atom. The van der Waals surface area contributed by atoms with Gasteiger partial charge >= 0.3 is 5.69 Å². The highest BCUT2D eigenvalue weighted by atomic mass is 16.6. The first-order chi connectivity index (χ1) is 7.56. The molecule has 0 saturated heterocycles. The highest BCUT2D eigenvalue weighted by Crippen LogP contribution is 2.26. The summed E-state index contributed by atoms with van der Waals surface area (Å²) in [7, 11) is 0. The third-order valence-electron chi connectivity index (χ3n) is 2.66. The van der Waals surface area contributed by atoms with E-state index in [9.17, 15) is 10.1 Å². The van der Waals surface area contributed by atoms with Crippen molar-refractivity contribution >= 4 is 5.69 Å². The summed E-state index contributed by atoms with van der Waals surface area (Å²) in [6, 6.07) is -0.00560. The lowest BCUT2D eigenvalue weighted by Gasteiger charge is -2.11. The average molecular weight is 226 g/mol. The molecule has 0 aromatic carbocycles. The molecule has 0 fully saturated rings. The van der Waals surface area contributed by atoms with E-state index in [0.717, 1.165) is 0 Å². The lowest BCUT2D eigenvalue weighted by atomic mass is 10.2. The van der Waals surface area contributed by atoms with Gasteiger partial charge in [0.1, 0.15) is 11.4 Å². The van der Waals surface area contributed by atoms with Crippen molar-refractivity contribution < 1.29 is 4.92 Å². The molecule has 90 valence electrons. The largest absolute Gasteiger partial charge is 0.328 e. The summed E-state index contributed by atoms with van der Waals surface area (Å²) in [5, 5.41) is 15.3. The molecule has 0 radical (unpaired) electrons. The molecule has 0 bridgehead atoms. The number of hydrogen-bond donors (Lipinski definition) is 1. The second-order valence-corrected chi connectivity index (χ2v) is 3.74. The molecule has 1 atom stereocenters. The number of aromatic nitrogens is 2. The fraction of sp³-hybridized carbons (Fsp3) is 0.700. The van der Waals surface area contributed by atoms with Gasteiger partial charge in [0.25, 0.3) is 0 Å². The van der Waals surface area contributed by atoms with E-state index in [0.29, 0.717) is 30.8 Å². The average Bonchev–Trinajstić information content (AvgIpc) is 2.66. The number of hydrogen-bond acceptors (Lipinski definition) is 4. The number of nitrogens with two attached hydrogens (primary N) is 1. The first-order valence-corrected chi connectivity index (χ1v) is 5.51. The number of nitrogens with zero attached hydrogens (tertiary/aromatic N) is 3. The Kier molecular flexibility index (Phi) is 4.00. The predicted octanol–water partition coefficient (Wildman–Crippen LogP) is 1.44. The summed E-state index contributed by atoms with van der Waals surface area (Å²) >= 11 is 0. The van der Waals surface area contributed by atoms with E-state index in [2.05, 4.69) is 5.10 Å². The molecule has 1 heterocycles. The van der Waals surface area contributed by atoms with Crippen LogP contribution in [0.1, 0.15) is 38.2 Å². The topological polar surface area (TPSA) is 87.0 Å². The summed E-state index contributed by atoms with van der Waals surface area (Å²) in [4.78, 5) is 10.7. The fourth-order valence-electron chi connectivity index (χ4n) is 1.76. The molecule has 1 unspecified atom stereocenters. The first-order valence-electron chi connectivity index (χ1n) is 5.51. The summed E-state index contributed by atoms with van der Waals surface area (Å²) in [6.07, 6.45) is 1.15. The summed E-state index contributed by atoms with van der Waals surface area (Å²) in [5.74, 6) is 0. The highest BCUT2D eigenvalue weighted by molar-refractivity contribution is 5.41. The minimum Gasteiger partial charge on any atom is -0.328 e. The van der Waals surface area contributed by atoms with Crippen LogP contribution in [0.3, 0.4) is 0 Å². The van der Waals surface area contributed by atoms with E-state index in [1.807, 2.05) is 20.8 Å². The molecule has 1 rings (SSSR count). The van der Waals surface area contributed by atoms with Crippen molar-refractivity contribution in [3.63, 3.8) is 0 Å². The van der Waals surface area contributed by atoms with E-state index < -0.39 is 0 Å². The molecule has 0 saturated carbocycles. The smallest absolute Gasteiger partial charge is 0.313 e. The maximum absolute atomic E-state index is 11.0. The zero-order valence-electron chi connectivity index (χ0n) is 9.93. The SMILES string of the molecule is CCc1nn(C(C)CN)c(CC)c1[N+](=O)[O-]. The zero-order valence-corrected chi connectivity index (χ0v) is 9.93. The maximum Gasteiger partial charge on any atom is 0.313 e. The van der Waals surface area contributed by atoms with Gasteiger partial charge in [0.05, 0.1) is 11.0 Å². The molecule has 0 aliphatic heterocycles. The molecule has 0 amide bonds. The molecule has 1 aromatic heterocycles. The number of aryl methyl sites for hydroxylation is 1. The minimum absolute atomic E-state index is 0.00560. The predicted molar refractivity (Wildman–Crippen MR) is 61.4 cm³/mol. The maximum atomic E-state index is 11.0. The van der Waals surface area contributed by atoms with Gasteiger partial charge < -0.3 is 5.73 Å². The van der Waals surface area contributed by atoms with Crippen LogP contribution in [0.15, 0.2) is 0 Å². The second-order valence-electron chi connectivity index (χ2n) is 3.74. The summed E-state index contributed by atoms with van der Waals surface area (Å²) in [5.41, 5.74) is 6.94. The van der Waals surface area contributed by atoms with Gasteiger partial charge in [0.15, 0.2) is 0 Å². The van der Waals surface area contributed by atoms with Gasteiger partial charge in [-0.2, -0.15) is 5.10 Å². The van der Waals surface area contributed by atoms with Crippen LogP contribution in [-0.2, 0) is 12.8 Å². The van der Waals surface area contributed by atoms with Gasteiger partial charge in [-0.1, -0.05) is 13.8 Å². The van der Waals surface area contributed by atoms with Crippen LogP contribution in [0.5, 0.6) is 0 Å². The van der Waals surface area contributed by atoms with Crippen molar-refractivity contribution in [2.75, 3.05) is 6.54 Å². The van der Waals surface area contributed by atoms with Crippen molar-refractivity contribution in [3.8, 4) is 0 Å². The van der Waals surface area contributed by atoms with Crippen LogP contribution in [0.25, 0.3) is 0 Å². The lowest BCUT2D eigenvalue weighted by Crippen LogP contribution is -2.19. The van der Waals surface area contributed by atoms with Crippen LogP contribution in [-0.4, -0.2) is 21.2 Å². The first kappa shape index (κ1) is 12.6. The van der Waals surface area contributed by atoms with Crippen LogP contribution in [0.2, 0.25) is 0 Å². The van der Waals surface area contributed by atoms with E-state index in [1.54, 1.807) is 4.68 Å². The Hall–Kier alpha value is -1.43. The Labute approximate surface area is 94.6 Å². The third-order valence-corrected chi connectivity index (χ3v) is 2.66. The Morgan fingerprint density at radius 1 is 1.50 bits per heavy atom. The number of rotatable bonds is 5. The molecule has 1 aromatic rings. The molecule has 0 spiro atoms. The molecule has 6 nitrogen and oxygen atoms in total. The molecule has 16 heavy (non-hydrogen) atoms. The van der Waals surface area contributed by atoms with Crippen molar-refractivity contribution in [1.82, 2.24) is 9.78 Å². The Morgan fingerprint density at radius 3 is 2.50 bits per heavy atom. The van der Waals surface area contributed by atoms with Crippen LogP contribution in [0, 0.1) is 10.1 Å². The van der Waals surface area contributed by atoms with E-state index >= 15 is 0 Å². The van der Waals surface area contributed by atoms with Gasteiger partial charge in [0.2, 0.25) is 0 Å². The normalized spacial score (nSPS) is 12.8. The molecular weight excluding hydrogens is 208 g/mol. The Bertz CT molecular complexity index is 386. The van der Waals surface area contributed by atoms with Gasteiger partial charge in [-0.25, -0.2) is 0 Å². The third kappa shape index (κ3) is 2.06. The monoisotopic (exact) mass is 226 g/mol. The molecule has 2 N–H and O–H groups in total. The molecule has 6 heteroatoms. The quantitative estimate of drug-likeness (QED) is 0.607. The van der Waals surface area contributed by atoms with Gasteiger partial charge in [-0.05, 0) is 19.8 Å². The van der Waals surface area contributed by atoms with Crippen molar-refractivity contribution in [2.24, 2.45) is 5.73 Å². The molecule has 0 aliphatic carbocycles. The minimum atomic E-state index is -0.343. The van der Waals surface area contributed by atoms with Crippen LogP contribution >= 0.6 is 0 Å². The fourth-order valence-corrected chi connectivity index (χ4v) is 1.76. The zero-order chi connectivity index (χ0) is 12.3. The van der Waals surface area contributed by atoms with E-state index in [-0.39, 0.29) is 16.7 Å².